The molecule has 0 unspecified atom stereocenters. The lowest BCUT2D eigenvalue weighted by atomic mass is 10.5. The molecule has 0 saturated carbocycles. The van der Waals surface area contributed by atoms with Crippen LogP contribution in [0.2, 0.25) is 0 Å². The number of nitrogens with zero attached hydrogens (tertiary/aromatic N) is 1. The fourth-order valence-corrected chi connectivity index (χ4v) is 0.531. The van der Waals surface area contributed by atoms with E-state index >= 15 is 0 Å². The second-order valence-corrected chi connectivity index (χ2v) is 1.84. The summed E-state index contributed by atoms with van der Waals surface area (Å²) >= 11 is 0. The molecule has 11 heavy (non-hydrogen) atoms. The minimum Gasteiger partial charge on any atom is -0.453 e. The molecule has 0 heterocycles. The van der Waals surface area contributed by atoms with Crippen LogP contribution in [0.4, 0.5) is 0 Å². The van der Waals surface area contributed by atoms with Crippen molar-refractivity contribution < 1.29 is 9.47 Å². The normalized spacial score (nSPS) is 11.4. The molecule has 66 valence electrons. The summed E-state index contributed by atoms with van der Waals surface area (Å²) in [5, 5.41) is 3.88. The number of hydrazone groups is 1. The van der Waals surface area contributed by atoms with Crippen molar-refractivity contribution in [2.24, 2.45) is 5.10 Å². The molecule has 0 aliphatic carbocycles. The molecular formula is C7H16N2O2. The lowest BCUT2D eigenvalue weighted by Crippen LogP contribution is -2.11. The molecule has 0 fully saturated rings. The van der Waals surface area contributed by atoms with Crippen LogP contribution >= 0.6 is 0 Å². The number of hydrogen-bond acceptors (Lipinski definition) is 4. The molecule has 0 aliphatic heterocycles. The zero-order valence-corrected chi connectivity index (χ0v) is 7.39. The van der Waals surface area contributed by atoms with Crippen molar-refractivity contribution in [3.8, 4) is 0 Å². The summed E-state index contributed by atoms with van der Waals surface area (Å²) in [6, 6.07) is 0. The van der Waals surface area contributed by atoms with Gasteiger partial charge in [-0.1, -0.05) is 6.92 Å². The second-order valence-electron chi connectivity index (χ2n) is 1.84. The largest absolute Gasteiger partial charge is 0.453 e. The Balaban J connectivity index is 3.44. The Labute approximate surface area is 67.6 Å². The zero-order chi connectivity index (χ0) is 8.53. The van der Waals surface area contributed by atoms with Crippen LogP contribution in [0.5, 0.6) is 0 Å². The molecule has 0 bridgehead atoms. The van der Waals surface area contributed by atoms with Crippen molar-refractivity contribution in [3.05, 3.63) is 0 Å². The van der Waals surface area contributed by atoms with Gasteiger partial charge in [0.2, 0.25) is 5.90 Å². The van der Waals surface area contributed by atoms with Crippen LogP contribution in [0, 0.1) is 0 Å². The molecular weight excluding hydrogens is 144 g/mol. The van der Waals surface area contributed by atoms with E-state index in [1.807, 2.05) is 13.8 Å². The van der Waals surface area contributed by atoms with E-state index in [-0.39, 0.29) is 6.79 Å². The van der Waals surface area contributed by atoms with Crippen LogP contribution in [0.1, 0.15) is 20.3 Å². The van der Waals surface area contributed by atoms with Gasteiger partial charge in [-0.25, -0.2) is 0 Å². The SMILES string of the molecule is CCOCOC(CC)=NNC. The van der Waals surface area contributed by atoms with Gasteiger partial charge in [0.25, 0.3) is 0 Å². The first-order chi connectivity index (χ1) is 5.35. The first-order valence-electron chi connectivity index (χ1n) is 3.79. The van der Waals surface area contributed by atoms with Crippen molar-refractivity contribution >= 4 is 5.90 Å². The molecule has 1 N–H and O–H groups in total. The highest BCUT2D eigenvalue weighted by atomic mass is 16.7. The topological polar surface area (TPSA) is 42.9 Å². The summed E-state index contributed by atoms with van der Waals surface area (Å²) in [7, 11) is 1.74. The summed E-state index contributed by atoms with van der Waals surface area (Å²) < 4.78 is 10.1. The Kier molecular flexibility index (Phi) is 6.82. The van der Waals surface area contributed by atoms with Gasteiger partial charge in [0.1, 0.15) is 0 Å². The highest BCUT2D eigenvalue weighted by molar-refractivity contribution is 5.75. The molecule has 0 amide bonds. The number of nitrogens with one attached hydrogen (secondary N) is 1. The van der Waals surface area contributed by atoms with Gasteiger partial charge in [-0.15, -0.1) is 5.10 Å². The standard InChI is InChI=1S/C7H16N2O2/c1-4-7(9-8-3)11-6-10-5-2/h8H,4-6H2,1-3H3. The third kappa shape index (κ3) is 5.66. The van der Waals surface area contributed by atoms with E-state index < -0.39 is 0 Å². The van der Waals surface area contributed by atoms with Crippen LogP contribution in [-0.2, 0) is 9.47 Å². The molecule has 0 saturated heterocycles. The van der Waals surface area contributed by atoms with Gasteiger partial charge >= 0.3 is 0 Å². The van der Waals surface area contributed by atoms with E-state index in [9.17, 15) is 0 Å². The lowest BCUT2D eigenvalue weighted by Gasteiger charge is -2.05. The van der Waals surface area contributed by atoms with Crippen molar-refractivity contribution in [2.75, 3.05) is 20.4 Å². The van der Waals surface area contributed by atoms with E-state index in [0.717, 1.165) is 6.42 Å². The first kappa shape index (κ1) is 10.2. The first-order valence-corrected chi connectivity index (χ1v) is 3.79. The van der Waals surface area contributed by atoms with Gasteiger partial charge in [-0.05, 0) is 6.92 Å². The molecule has 0 aromatic heterocycles. The quantitative estimate of drug-likeness (QED) is 0.214. The fraction of sp³-hybridized carbons (Fsp3) is 0.857. The van der Waals surface area contributed by atoms with E-state index in [0.29, 0.717) is 12.5 Å². The van der Waals surface area contributed by atoms with Crippen LogP contribution in [0.15, 0.2) is 5.10 Å². The average Bonchev–Trinajstić information content (AvgIpc) is 2.03. The van der Waals surface area contributed by atoms with E-state index in [4.69, 9.17) is 9.47 Å². The van der Waals surface area contributed by atoms with Crippen molar-refractivity contribution in [3.63, 3.8) is 0 Å². The zero-order valence-electron chi connectivity index (χ0n) is 7.39. The van der Waals surface area contributed by atoms with E-state index in [1.54, 1.807) is 7.05 Å². The average molecular weight is 160 g/mol. The Bertz CT molecular complexity index is 115. The lowest BCUT2D eigenvalue weighted by molar-refractivity contribution is 0.0125. The monoisotopic (exact) mass is 160 g/mol. The Morgan fingerprint density at radius 2 is 2.18 bits per heavy atom. The summed E-state index contributed by atoms with van der Waals surface area (Å²) in [6.07, 6.45) is 0.772. The third-order valence-corrected chi connectivity index (χ3v) is 1.05. The summed E-state index contributed by atoms with van der Waals surface area (Å²) in [6.45, 7) is 4.84. The number of ether oxygens (including phenoxy) is 2. The molecule has 0 atom stereocenters. The summed E-state index contributed by atoms with van der Waals surface area (Å²) in [4.78, 5) is 0. The minimum atomic E-state index is 0.283. The molecule has 0 radical (unpaired) electrons. The molecule has 0 spiro atoms. The van der Waals surface area contributed by atoms with Gasteiger partial charge in [0.15, 0.2) is 6.79 Å². The summed E-state index contributed by atoms with van der Waals surface area (Å²) in [5.74, 6) is 0.668. The van der Waals surface area contributed by atoms with Gasteiger partial charge in [0, 0.05) is 20.1 Å². The fourth-order valence-electron chi connectivity index (χ4n) is 0.531. The number of hydrogen-bond donors (Lipinski definition) is 1. The van der Waals surface area contributed by atoms with Crippen molar-refractivity contribution in [2.45, 2.75) is 20.3 Å². The molecule has 0 aromatic rings. The van der Waals surface area contributed by atoms with Gasteiger partial charge in [0.05, 0.1) is 0 Å². The van der Waals surface area contributed by atoms with Crippen molar-refractivity contribution in [1.29, 1.82) is 0 Å². The van der Waals surface area contributed by atoms with Gasteiger partial charge in [-0.3, -0.25) is 0 Å². The Morgan fingerprint density at radius 3 is 2.64 bits per heavy atom. The van der Waals surface area contributed by atoms with E-state index in [2.05, 4.69) is 10.5 Å². The molecule has 4 nitrogen and oxygen atoms in total. The van der Waals surface area contributed by atoms with Crippen LogP contribution < -0.4 is 5.43 Å². The Hall–Kier alpha value is -0.770. The van der Waals surface area contributed by atoms with Crippen molar-refractivity contribution in [1.82, 2.24) is 5.43 Å². The molecule has 0 rings (SSSR count). The maximum atomic E-state index is 5.14. The van der Waals surface area contributed by atoms with Gasteiger partial charge < -0.3 is 14.9 Å². The predicted molar refractivity (Wildman–Crippen MR) is 44.4 cm³/mol. The molecule has 0 aromatic carbocycles. The smallest absolute Gasteiger partial charge is 0.207 e. The second kappa shape index (κ2) is 7.34. The van der Waals surface area contributed by atoms with E-state index in [1.165, 1.54) is 0 Å². The minimum absolute atomic E-state index is 0.283. The predicted octanol–water partition coefficient (Wildman–Crippen LogP) is 0.940. The molecule has 0 aliphatic rings. The highest BCUT2D eigenvalue weighted by Gasteiger charge is 1.94. The molecule has 4 heteroatoms. The van der Waals surface area contributed by atoms with Crippen LogP contribution in [0.3, 0.4) is 0 Å². The van der Waals surface area contributed by atoms with Crippen LogP contribution in [0.25, 0.3) is 0 Å². The Morgan fingerprint density at radius 1 is 1.45 bits per heavy atom. The van der Waals surface area contributed by atoms with Gasteiger partial charge in [-0.2, -0.15) is 0 Å². The maximum absolute atomic E-state index is 5.14. The third-order valence-electron chi connectivity index (χ3n) is 1.05. The summed E-state index contributed by atoms with van der Waals surface area (Å²) in [5.41, 5.74) is 2.65. The number of rotatable bonds is 5. The highest BCUT2D eigenvalue weighted by Crippen LogP contribution is 1.88. The maximum Gasteiger partial charge on any atom is 0.207 e. The van der Waals surface area contributed by atoms with Crippen LogP contribution in [-0.4, -0.2) is 26.3 Å².